The summed E-state index contributed by atoms with van der Waals surface area (Å²) in [6.07, 6.45) is 48.9. The molecule has 224 valence electrons. The topological polar surface area (TPSA) is 74.6 Å². The molecule has 0 aromatic carbocycles. The van der Waals surface area contributed by atoms with Crippen molar-refractivity contribution in [2.24, 2.45) is 0 Å². The first-order valence-electron chi connectivity index (χ1n) is 15.2. The number of rotatable bonds is 24. The van der Waals surface area contributed by atoms with Crippen LogP contribution in [0.5, 0.6) is 0 Å². The van der Waals surface area contributed by atoms with Crippen LogP contribution in [-0.2, 0) is 9.59 Å². The van der Waals surface area contributed by atoms with E-state index in [0.29, 0.717) is 0 Å². The maximum absolute atomic E-state index is 10.3. The van der Waals surface area contributed by atoms with Gasteiger partial charge in [-0.3, -0.25) is 9.59 Å². The van der Waals surface area contributed by atoms with E-state index in [1.807, 2.05) is 0 Å². The molecule has 0 atom stereocenters. The summed E-state index contributed by atoms with van der Waals surface area (Å²) in [7, 11) is 0. The van der Waals surface area contributed by atoms with Gasteiger partial charge in [-0.2, -0.15) is 0 Å². The minimum Gasteiger partial charge on any atom is -0.481 e. The monoisotopic (exact) mass is 552 g/mol. The zero-order chi connectivity index (χ0) is 29.8. The Labute approximate surface area is 245 Å². The smallest absolute Gasteiger partial charge is 0.303 e. The Hall–Kier alpha value is -3.14. The molecule has 4 nitrogen and oxygen atoms in total. The zero-order valence-electron chi connectivity index (χ0n) is 25.3. The van der Waals surface area contributed by atoms with Crippen LogP contribution in [0, 0.1) is 0 Å². The van der Waals surface area contributed by atoms with Gasteiger partial charge in [0, 0.05) is 12.8 Å². The minimum absolute atomic E-state index is 0.285. The third-order valence-corrected chi connectivity index (χ3v) is 5.46. The molecule has 0 rings (SSSR count). The summed E-state index contributed by atoms with van der Waals surface area (Å²) in [5.41, 5.74) is 0. The number of aliphatic carboxylic acids is 2. The Kier molecular flexibility index (Phi) is 35.0. The van der Waals surface area contributed by atoms with E-state index in [9.17, 15) is 9.59 Å². The van der Waals surface area contributed by atoms with Gasteiger partial charge in [0.25, 0.3) is 0 Å². The van der Waals surface area contributed by atoms with Crippen LogP contribution in [0.15, 0.2) is 97.2 Å². The summed E-state index contributed by atoms with van der Waals surface area (Å²) in [4.78, 5) is 20.6. The van der Waals surface area contributed by atoms with Crippen LogP contribution >= 0.6 is 0 Å². The molecule has 4 heteroatoms. The van der Waals surface area contributed by atoms with Gasteiger partial charge in [0.05, 0.1) is 0 Å². The van der Waals surface area contributed by atoms with Crippen molar-refractivity contribution in [1.29, 1.82) is 0 Å². The van der Waals surface area contributed by atoms with E-state index in [4.69, 9.17) is 10.2 Å². The molecule has 0 radical (unpaired) electrons. The van der Waals surface area contributed by atoms with Gasteiger partial charge in [0.15, 0.2) is 0 Å². The molecule has 0 heterocycles. The van der Waals surface area contributed by atoms with Gasteiger partial charge in [-0.15, -0.1) is 0 Å². The Balaban J connectivity index is 0. The van der Waals surface area contributed by atoms with Crippen molar-refractivity contribution in [1.82, 2.24) is 0 Å². The Morgan fingerprint density at radius 3 is 0.900 bits per heavy atom. The SMILES string of the molecule is CC/C=C\C/C=C\C/C=C\C/C=C\CCCCC(=O)O.CC/C=C\C/C=C\C/C=C\C/C=C\CCCCC(=O)O. The highest BCUT2D eigenvalue weighted by Crippen LogP contribution is 2.03. The molecule has 0 fully saturated rings. The molecule has 0 aromatic heterocycles. The summed E-state index contributed by atoms with van der Waals surface area (Å²) in [5.74, 6) is -1.40. The molecule has 2 N–H and O–H groups in total. The third-order valence-electron chi connectivity index (χ3n) is 5.46. The fourth-order valence-electron chi connectivity index (χ4n) is 3.27. The van der Waals surface area contributed by atoms with E-state index in [0.717, 1.165) is 89.9 Å². The van der Waals surface area contributed by atoms with Crippen LogP contribution in [0.1, 0.15) is 117 Å². The molecule has 0 aromatic rings. The van der Waals surface area contributed by atoms with Crippen molar-refractivity contribution in [3.63, 3.8) is 0 Å². The van der Waals surface area contributed by atoms with Crippen molar-refractivity contribution in [3.8, 4) is 0 Å². The Morgan fingerprint density at radius 2 is 0.650 bits per heavy atom. The molecule has 0 aliphatic heterocycles. The average molecular weight is 553 g/mol. The molecule has 0 amide bonds. The predicted molar refractivity (Wildman–Crippen MR) is 174 cm³/mol. The number of carboxylic acid groups (broad SMARTS) is 2. The highest BCUT2D eigenvalue weighted by Gasteiger charge is 1.94. The van der Waals surface area contributed by atoms with Crippen molar-refractivity contribution < 1.29 is 19.8 Å². The summed E-state index contributed by atoms with van der Waals surface area (Å²) in [6.45, 7) is 4.28. The van der Waals surface area contributed by atoms with E-state index in [-0.39, 0.29) is 12.8 Å². The van der Waals surface area contributed by atoms with Gasteiger partial charge < -0.3 is 10.2 Å². The van der Waals surface area contributed by atoms with E-state index in [1.165, 1.54) is 0 Å². The van der Waals surface area contributed by atoms with Gasteiger partial charge in [0.2, 0.25) is 0 Å². The predicted octanol–water partition coefficient (Wildman–Crippen LogP) is 10.9. The second kappa shape index (κ2) is 35.9. The summed E-state index contributed by atoms with van der Waals surface area (Å²) in [5, 5.41) is 17.0. The van der Waals surface area contributed by atoms with Crippen molar-refractivity contribution in [2.45, 2.75) is 117 Å². The molecule has 40 heavy (non-hydrogen) atoms. The van der Waals surface area contributed by atoms with Gasteiger partial charge in [-0.05, 0) is 89.9 Å². The Bertz CT molecular complexity index is 739. The lowest BCUT2D eigenvalue weighted by molar-refractivity contribution is -0.138. The third kappa shape index (κ3) is 42.0. The van der Waals surface area contributed by atoms with Crippen LogP contribution in [0.2, 0.25) is 0 Å². The molecular weight excluding hydrogens is 496 g/mol. The largest absolute Gasteiger partial charge is 0.481 e. The normalized spacial score (nSPS) is 12.4. The van der Waals surface area contributed by atoms with E-state index in [1.54, 1.807) is 0 Å². The van der Waals surface area contributed by atoms with Crippen LogP contribution in [0.4, 0.5) is 0 Å². The lowest BCUT2D eigenvalue weighted by atomic mass is 10.2. The zero-order valence-corrected chi connectivity index (χ0v) is 25.3. The first kappa shape index (κ1) is 39.0. The molecule has 0 aliphatic rings. The maximum Gasteiger partial charge on any atom is 0.303 e. The van der Waals surface area contributed by atoms with Crippen LogP contribution in [0.25, 0.3) is 0 Å². The first-order chi connectivity index (χ1) is 19.5. The van der Waals surface area contributed by atoms with Gasteiger partial charge >= 0.3 is 11.9 Å². The van der Waals surface area contributed by atoms with E-state index >= 15 is 0 Å². The van der Waals surface area contributed by atoms with Gasteiger partial charge in [-0.25, -0.2) is 0 Å². The fourth-order valence-corrected chi connectivity index (χ4v) is 3.27. The maximum atomic E-state index is 10.3. The summed E-state index contributed by atoms with van der Waals surface area (Å²) >= 11 is 0. The lowest BCUT2D eigenvalue weighted by Gasteiger charge is -1.92. The average Bonchev–Trinajstić information content (AvgIpc) is 2.93. The molecular formula is C36H56O4. The van der Waals surface area contributed by atoms with Crippen LogP contribution in [-0.4, -0.2) is 22.2 Å². The van der Waals surface area contributed by atoms with E-state index < -0.39 is 11.9 Å². The number of carbonyl (C=O) groups is 2. The molecule has 0 bridgehead atoms. The van der Waals surface area contributed by atoms with Crippen molar-refractivity contribution >= 4 is 11.9 Å². The van der Waals surface area contributed by atoms with Gasteiger partial charge in [0.1, 0.15) is 0 Å². The number of carboxylic acids is 2. The lowest BCUT2D eigenvalue weighted by Crippen LogP contribution is -1.92. The standard InChI is InChI=1S/2C18H28O2/c2*1-2-3-4-5-6-7-8-9-10-11-12-13-14-15-16-17-18(19)20/h2*3-4,6-7,9-10,12-13H,2,5,8,11,14-17H2,1H3,(H,19,20)/b2*4-3-,7-6-,10-9-,13-12-. The number of allylic oxidation sites excluding steroid dienone is 16. The highest BCUT2D eigenvalue weighted by atomic mass is 16.4. The molecule has 0 aliphatic carbocycles. The first-order valence-corrected chi connectivity index (χ1v) is 15.2. The highest BCUT2D eigenvalue weighted by molar-refractivity contribution is 5.66. The molecule has 0 unspecified atom stereocenters. The molecule has 0 saturated carbocycles. The van der Waals surface area contributed by atoms with Crippen LogP contribution < -0.4 is 0 Å². The Morgan fingerprint density at radius 1 is 0.400 bits per heavy atom. The van der Waals surface area contributed by atoms with Gasteiger partial charge in [-0.1, -0.05) is 111 Å². The quantitative estimate of drug-likeness (QED) is 0.0922. The second-order valence-corrected chi connectivity index (χ2v) is 9.28. The van der Waals surface area contributed by atoms with Crippen LogP contribution in [0.3, 0.4) is 0 Å². The summed E-state index contributed by atoms with van der Waals surface area (Å²) < 4.78 is 0. The number of hydrogen-bond acceptors (Lipinski definition) is 2. The number of hydrogen-bond donors (Lipinski definition) is 2. The van der Waals surface area contributed by atoms with Crippen molar-refractivity contribution in [2.75, 3.05) is 0 Å². The fraction of sp³-hybridized carbons (Fsp3) is 0.500. The summed E-state index contributed by atoms with van der Waals surface area (Å²) in [6, 6.07) is 0. The second-order valence-electron chi connectivity index (χ2n) is 9.28. The van der Waals surface area contributed by atoms with Crippen molar-refractivity contribution in [3.05, 3.63) is 97.2 Å². The number of unbranched alkanes of at least 4 members (excludes halogenated alkanes) is 4. The molecule has 0 saturated heterocycles. The van der Waals surface area contributed by atoms with E-state index in [2.05, 4.69) is 111 Å². The molecule has 0 spiro atoms. The minimum atomic E-state index is -0.699.